The number of rotatable bonds is 46. The number of hydrogen-bond donors (Lipinski definition) is 2. The molecule has 11 nitrogen and oxygen atoms in total. The van der Waals surface area contributed by atoms with E-state index < -0.39 is 57.8 Å². The highest BCUT2D eigenvalue weighted by Gasteiger charge is 2.28. The molecule has 0 aromatic rings. The van der Waals surface area contributed by atoms with Crippen LogP contribution in [0.1, 0.15) is 201 Å². The van der Waals surface area contributed by atoms with Crippen molar-refractivity contribution in [1.29, 1.82) is 0 Å². The Balaban J connectivity index is 4.87. The Labute approximate surface area is 400 Å². The van der Waals surface area contributed by atoms with Gasteiger partial charge >= 0.3 is 25.7 Å². The predicted octanol–water partition coefficient (Wildman–Crippen LogP) is 14.4. The van der Waals surface area contributed by atoms with E-state index in [0.29, 0.717) is 19.3 Å². The minimum Gasteiger partial charge on any atom is -0.462 e. The van der Waals surface area contributed by atoms with Crippen LogP contribution in [0.25, 0.3) is 0 Å². The summed E-state index contributed by atoms with van der Waals surface area (Å²) in [5, 5.41) is 9.75. The van der Waals surface area contributed by atoms with Gasteiger partial charge in [0.05, 0.1) is 19.8 Å². The SMILES string of the molecule is CC/C=C\C/C=C\C/C=C\C/C=C\CCC(=O)OCC(COP(=O)(O)OCC(CO)OC(=O)CCCCCCC/C=C\CCCC)OC(=O)CCCCCCC/C=C\C/C=C\CCCCC. The van der Waals surface area contributed by atoms with Gasteiger partial charge in [0.15, 0.2) is 6.10 Å². The lowest BCUT2D eigenvalue weighted by Gasteiger charge is -2.21. The number of aliphatic hydroxyl groups excluding tert-OH is 1. The number of ether oxygens (including phenoxy) is 3. The third-order valence-electron chi connectivity index (χ3n) is 10.3. The molecule has 12 heteroatoms. The summed E-state index contributed by atoms with van der Waals surface area (Å²) >= 11 is 0. The van der Waals surface area contributed by atoms with Gasteiger partial charge in [-0.05, 0) is 96.3 Å². The van der Waals surface area contributed by atoms with E-state index in [4.69, 9.17) is 23.3 Å². The number of esters is 3. The lowest BCUT2D eigenvalue weighted by Crippen LogP contribution is -2.30. The number of hydrogen-bond acceptors (Lipinski definition) is 10. The zero-order chi connectivity index (χ0) is 48.4. The Morgan fingerprint density at radius 1 is 0.439 bits per heavy atom. The number of carbonyl (C=O) groups is 3. The van der Waals surface area contributed by atoms with E-state index >= 15 is 0 Å². The Bertz CT molecular complexity index is 1430. The molecule has 0 fully saturated rings. The monoisotopic (exact) mass is 947 g/mol. The molecule has 0 aliphatic carbocycles. The molecule has 2 N–H and O–H groups in total. The van der Waals surface area contributed by atoms with Crippen LogP contribution < -0.4 is 0 Å². The Hall–Kier alpha value is -3.34. The number of allylic oxidation sites excluding steroid dienone is 14. The first-order valence-corrected chi connectivity index (χ1v) is 27.0. The maximum Gasteiger partial charge on any atom is 0.472 e. The van der Waals surface area contributed by atoms with Gasteiger partial charge in [-0.1, -0.05) is 170 Å². The zero-order valence-corrected chi connectivity index (χ0v) is 42.3. The molecule has 66 heavy (non-hydrogen) atoms. The van der Waals surface area contributed by atoms with Crippen molar-refractivity contribution in [3.05, 3.63) is 85.1 Å². The van der Waals surface area contributed by atoms with Gasteiger partial charge in [-0.2, -0.15) is 0 Å². The minimum absolute atomic E-state index is 0.0989. The van der Waals surface area contributed by atoms with Crippen molar-refractivity contribution in [3.8, 4) is 0 Å². The Morgan fingerprint density at radius 2 is 0.833 bits per heavy atom. The molecule has 0 aliphatic rings. The van der Waals surface area contributed by atoms with E-state index in [1.54, 1.807) is 0 Å². The van der Waals surface area contributed by atoms with Gasteiger partial charge in [0.1, 0.15) is 12.7 Å². The molecule has 0 aliphatic heterocycles. The van der Waals surface area contributed by atoms with E-state index in [1.807, 2.05) is 12.2 Å². The average Bonchev–Trinajstić information content (AvgIpc) is 3.30. The smallest absolute Gasteiger partial charge is 0.462 e. The van der Waals surface area contributed by atoms with Crippen molar-refractivity contribution in [3.63, 3.8) is 0 Å². The molecule has 0 amide bonds. The fraction of sp³-hybridized carbons (Fsp3) is 0.685. The Kier molecular flexibility index (Phi) is 45.7. The van der Waals surface area contributed by atoms with E-state index in [0.717, 1.165) is 109 Å². The lowest BCUT2D eigenvalue weighted by molar-refractivity contribution is -0.161. The van der Waals surface area contributed by atoms with Gasteiger partial charge in [0.25, 0.3) is 0 Å². The molecule has 0 spiro atoms. The highest BCUT2D eigenvalue weighted by molar-refractivity contribution is 7.47. The molecule has 3 unspecified atom stereocenters. The highest BCUT2D eigenvalue weighted by Crippen LogP contribution is 2.43. The fourth-order valence-corrected chi connectivity index (χ4v) is 7.16. The van der Waals surface area contributed by atoms with Crippen LogP contribution in [0.2, 0.25) is 0 Å². The van der Waals surface area contributed by atoms with Crippen LogP contribution in [0.15, 0.2) is 85.1 Å². The molecule has 0 heterocycles. The van der Waals surface area contributed by atoms with Gasteiger partial charge in [-0.3, -0.25) is 23.4 Å². The summed E-state index contributed by atoms with van der Waals surface area (Å²) in [6.45, 7) is 4.32. The predicted molar refractivity (Wildman–Crippen MR) is 270 cm³/mol. The summed E-state index contributed by atoms with van der Waals surface area (Å²) in [6.07, 6.45) is 52.9. The molecule has 378 valence electrons. The van der Waals surface area contributed by atoms with Crippen molar-refractivity contribution in [2.24, 2.45) is 0 Å². The number of phosphoric ester groups is 1. The largest absolute Gasteiger partial charge is 0.472 e. The summed E-state index contributed by atoms with van der Waals surface area (Å²) in [7, 11) is -4.76. The topological polar surface area (TPSA) is 155 Å². The summed E-state index contributed by atoms with van der Waals surface area (Å²) in [5.41, 5.74) is 0. The van der Waals surface area contributed by atoms with E-state index in [9.17, 15) is 28.9 Å². The highest BCUT2D eigenvalue weighted by atomic mass is 31.2. The van der Waals surface area contributed by atoms with Crippen LogP contribution in [0.5, 0.6) is 0 Å². The molecule has 0 rings (SSSR count). The molecule has 0 saturated heterocycles. The molecule has 0 aromatic heterocycles. The second-order valence-corrected chi connectivity index (χ2v) is 18.0. The zero-order valence-electron chi connectivity index (χ0n) is 41.4. The van der Waals surface area contributed by atoms with Crippen LogP contribution in [-0.4, -0.2) is 66.5 Å². The fourth-order valence-electron chi connectivity index (χ4n) is 6.38. The van der Waals surface area contributed by atoms with Gasteiger partial charge in [-0.25, -0.2) is 4.57 Å². The standard InChI is InChI=1S/C54H91O11P/c1-4-7-10-13-16-19-22-24-25-27-30-33-36-39-42-45-54(58)65-51(47-61-52(56)43-40-37-34-31-29-26-23-20-17-14-11-8-5-2)49-63-66(59,60)62-48-50(46-55)64-53(57)44-41-38-35-32-28-21-18-15-12-9-6-3/h8,11,15-20,24-26,29,34,37,50-51,55H,4-7,9-10,12-14,21-23,27-28,30-33,35-36,38-49H2,1-3H3,(H,59,60)/b11-8-,18-15-,19-16-,20-17-,25-24-,29-26-,37-34-. The van der Waals surface area contributed by atoms with Crippen molar-refractivity contribution in [2.45, 2.75) is 213 Å². The van der Waals surface area contributed by atoms with Gasteiger partial charge in [0, 0.05) is 19.3 Å². The second-order valence-electron chi connectivity index (χ2n) is 16.6. The number of aliphatic hydroxyl groups is 1. The molecule has 0 saturated carbocycles. The first-order chi connectivity index (χ1) is 32.2. The van der Waals surface area contributed by atoms with Crippen LogP contribution in [0.3, 0.4) is 0 Å². The van der Waals surface area contributed by atoms with Crippen molar-refractivity contribution in [1.82, 2.24) is 0 Å². The first kappa shape index (κ1) is 62.7. The normalized spacial score (nSPS) is 14.2. The molecular formula is C54H91O11P. The van der Waals surface area contributed by atoms with Gasteiger partial charge < -0.3 is 24.2 Å². The second kappa shape index (κ2) is 48.1. The van der Waals surface area contributed by atoms with Gasteiger partial charge in [0.2, 0.25) is 0 Å². The third kappa shape index (κ3) is 45.8. The van der Waals surface area contributed by atoms with Crippen LogP contribution in [-0.2, 0) is 42.2 Å². The molecule has 0 aromatic carbocycles. The van der Waals surface area contributed by atoms with Crippen LogP contribution >= 0.6 is 7.82 Å². The van der Waals surface area contributed by atoms with Crippen molar-refractivity contribution in [2.75, 3.05) is 26.4 Å². The molecule has 3 atom stereocenters. The maximum absolute atomic E-state index is 12.8. The van der Waals surface area contributed by atoms with Gasteiger partial charge in [-0.15, -0.1) is 0 Å². The van der Waals surface area contributed by atoms with E-state index in [1.165, 1.54) is 32.1 Å². The number of unbranched alkanes of at least 4 members (excludes halogenated alkanes) is 15. The molecular weight excluding hydrogens is 856 g/mol. The summed E-state index contributed by atoms with van der Waals surface area (Å²) in [4.78, 5) is 48.2. The summed E-state index contributed by atoms with van der Waals surface area (Å²) in [6, 6.07) is 0. The number of carbonyl (C=O) groups excluding carboxylic acids is 3. The molecule has 0 radical (unpaired) electrons. The Morgan fingerprint density at radius 3 is 1.33 bits per heavy atom. The van der Waals surface area contributed by atoms with Crippen molar-refractivity contribution >= 4 is 25.7 Å². The molecule has 0 bridgehead atoms. The minimum atomic E-state index is -4.76. The van der Waals surface area contributed by atoms with E-state index in [-0.39, 0.29) is 25.9 Å². The summed E-state index contributed by atoms with van der Waals surface area (Å²) in [5.74, 6) is -1.60. The summed E-state index contributed by atoms with van der Waals surface area (Å²) < 4.78 is 39.2. The number of phosphoric acid groups is 1. The van der Waals surface area contributed by atoms with Crippen LogP contribution in [0.4, 0.5) is 0 Å². The third-order valence-corrected chi connectivity index (χ3v) is 11.2. The quantitative estimate of drug-likeness (QED) is 0.0197. The average molecular weight is 947 g/mol. The first-order valence-electron chi connectivity index (χ1n) is 25.5. The van der Waals surface area contributed by atoms with Crippen molar-refractivity contribution < 1.29 is 52.2 Å². The lowest BCUT2D eigenvalue weighted by atomic mass is 10.1. The van der Waals surface area contributed by atoms with E-state index in [2.05, 4.69) is 93.7 Å². The maximum atomic E-state index is 12.8. The van der Waals surface area contributed by atoms with Crippen LogP contribution in [0, 0.1) is 0 Å².